The molecular formula is C7H16N2O. The molecule has 1 aliphatic rings. The lowest BCUT2D eigenvalue weighted by atomic mass is 10.2. The summed E-state index contributed by atoms with van der Waals surface area (Å²) >= 11 is 0. The lowest BCUT2D eigenvalue weighted by Gasteiger charge is -2.25. The third kappa shape index (κ3) is 1.68. The van der Waals surface area contributed by atoms with Gasteiger partial charge in [0, 0.05) is 19.1 Å². The molecule has 0 radical (unpaired) electrons. The van der Waals surface area contributed by atoms with Crippen molar-refractivity contribution in [2.75, 3.05) is 13.1 Å². The largest absolute Gasteiger partial charge is 0.392 e. The fourth-order valence-corrected chi connectivity index (χ4v) is 1.16. The van der Waals surface area contributed by atoms with Crippen molar-refractivity contribution in [2.24, 2.45) is 0 Å². The zero-order valence-electron chi connectivity index (χ0n) is 6.67. The van der Waals surface area contributed by atoms with Gasteiger partial charge in [0.25, 0.3) is 0 Å². The van der Waals surface area contributed by atoms with E-state index in [2.05, 4.69) is 10.4 Å². The first-order valence-corrected chi connectivity index (χ1v) is 3.90. The summed E-state index contributed by atoms with van der Waals surface area (Å²) in [6.45, 7) is 5.97. The third-order valence-corrected chi connectivity index (χ3v) is 2.08. The standard InChI is InChI=1S/C7H16N2O/c1-6(7(2)10)9-5-3-4-8-9/h6-8,10H,3-5H2,1-2H3. The lowest BCUT2D eigenvalue weighted by molar-refractivity contribution is 0.0594. The molecule has 2 N–H and O–H groups in total. The van der Waals surface area contributed by atoms with Crippen molar-refractivity contribution in [3.8, 4) is 0 Å². The summed E-state index contributed by atoms with van der Waals surface area (Å²) in [7, 11) is 0. The summed E-state index contributed by atoms with van der Waals surface area (Å²) in [4.78, 5) is 0. The molecule has 0 amide bonds. The normalized spacial score (nSPS) is 26.7. The van der Waals surface area contributed by atoms with Crippen LogP contribution in [-0.2, 0) is 0 Å². The molecule has 60 valence electrons. The lowest BCUT2D eigenvalue weighted by Crippen LogP contribution is -2.44. The van der Waals surface area contributed by atoms with E-state index in [9.17, 15) is 5.11 Å². The van der Waals surface area contributed by atoms with Crippen LogP contribution in [0.5, 0.6) is 0 Å². The molecule has 0 spiro atoms. The maximum Gasteiger partial charge on any atom is 0.0678 e. The molecule has 3 heteroatoms. The predicted octanol–water partition coefficient (Wildman–Crippen LogP) is -0.0340. The van der Waals surface area contributed by atoms with Crippen LogP contribution in [0.4, 0.5) is 0 Å². The van der Waals surface area contributed by atoms with Crippen molar-refractivity contribution in [1.29, 1.82) is 0 Å². The molecule has 2 unspecified atom stereocenters. The summed E-state index contributed by atoms with van der Waals surface area (Å²) in [6, 6.07) is 0.238. The molecule has 0 aromatic carbocycles. The van der Waals surface area contributed by atoms with Crippen molar-refractivity contribution < 1.29 is 5.11 Å². The highest BCUT2D eigenvalue weighted by Gasteiger charge is 2.20. The third-order valence-electron chi connectivity index (χ3n) is 2.08. The monoisotopic (exact) mass is 144 g/mol. The van der Waals surface area contributed by atoms with Gasteiger partial charge in [0.05, 0.1) is 6.10 Å². The van der Waals surface area contributed by atoms with Gasteiger partial charge in [-0.05, 0) is 20.3 Å². The van der Waals surface area contributed by atoms with Crippen LogP contribution in [-0.4, -0.2) is 35.4 Å². The Morgan fingerprint density at radius 3 is 2.60 bits per heavy atom. The van der Waals surface area contributed by atoms with Gasteiger partial charge in [0.1, 0.15) is 0 Å². The van der Waals surface area contributed by atoms with E-state index in [1.54, 1.807) is 0 Å². The minimum atomic E-state index is -0.245. The molecule has 1 aliphatic heterocycles. The number of hydrogen-bond donors (Lipinski definition) is 2. The molecule has 0 saturated carbocycles. The summed E-state index contributed by atoms with van der Waals surface area (Å²) < 4.78 is 0. The van der Waals surface area contributed by atoms with Gasteiger partial charge in [-0.1, -0.05) is 0 Å². The van der Waals surface area contributed by atoms with Crippen molar-refractivity contribution in [1.82, 2.24) is 10.4 Å². The molecule has 10 heavy (non-hydrogen) atoms. The van der Waals surface area contributed by atoms with Gasteiger partial charge in [-0.15, -0.1) is 0 Å². The van der Waals surface area contributed by atoms with Crippen molar-refractivity contribution in [2.45, 2.75) is 32.4 Å². The highest BCUT2D eigenvalue weighted by molar-refractivity contribution is 4.72. The molecular weight excluding hydrogens is 128 g/mol. The molecule has 0 aromatic rings. The minimum Gasteiger partial charge on any atom is -0.392 e. The van der Waals surface area contributed by atoms with Crippen molar-refractivity contribution >= 4 is 0 Å². The predicted molar refractivity (Wildman–Crippen MR) is 40.5 cm³/mol. The molecule has 0 aromatic heterocycles. The second-order valence-electron chi connectivity index (χ2n) is 2.94. The van der Waals surface area contributed by atoms with Crippen LogP contribution >= 0.6 is 0 Å². The molecule has 3 nitrogen and oxygen atoms in total. The summed E-state index contributed by atoms with van der Waals surface area (Å²) in [5.74, 6) is 0. The Hall–Kier alpha value is -0.120. The SMILES string of the molecule is CC(O)C(C)N1CCCN1. The van der Waals surface area contributed by atoms with Gasteiger partial charge in [0.2, 0.25) is 0 Å². The Labute approximate surface area is 62.0 Å². The average molecular weight is 144 g/mol. The summed E-state index contributed by atoms with van der Waals surface area (Å²) in [5.41, 5.74) is 3.21. The van der Waals surface area contributed by atoms with Gasteiger partial charge < -0.3 is 5.11 Å². The topological polar surface area (TPSA) is 35.5 Å². The first-order chi connectivity index (χ1) is 4.72. The van der Waals surface area contributed by atoms with Gasteiger partial charge >= 0.3 is 0 Å². The highest BCUT2D eigenvalue weighted by atomic mass is 16.3. The van der Waals surface area contributed by atoms with E-state index < -0.39 is 0 Å². The van der Waals surface area contributed by atoms with Crippen LogP contribution in [0.25, 0.3) is 0 Å². The minimum absolute atomic E-state index is 0.238. The number of nitrogens with zero attached hydrogens (tertiary/aromatic N) is 1. The van der Waals surface area contributed by atoms with E-state index in [4.69, 9.17) is 0 Å². The zero-order valence-corrected chi connectivity index (χ0v) is 6.67. The van der Waals surface area contributed by atoms with Gasteiger partial charge in [-0.25, -0.2) is 5.01 Å². The summed E-state index contributed by atoms with van der Waals surface area (Å²) in [5, 5.41) is 11.3. The Balaban J connectivity index is 2.32. The Kier molecular flexibility index (Phi) is 2.65. The van der Waals surface area contributed by atoms with E-state index in [1.807, 2.05) is 13.8 Å². The molecule has 1 fully saturated rings. The van der Waals surface area contributed by atoms with E-state index in [1.165, 1.54) is 6.42 Å². The number of nitrogens with one attached hydrogen (secondary N) is 1. The van der Waals surface area contributed by atoms with Crippen LogP contribution in [0.3, 0.4) is 0 Å². The first-order valence-electron chi connectivity index (χ1n) is 3.90. The quantitative estimate of drug-likeness (QED) is 0.571. The fraction of sp³-hybridized carbons (Fsp3) is 1.00. The van der Waals surface area contributed by atoms with Crippen LogP contribution in [0.15, 0.2) is 0 Å². The van der Waals surface area contributed by atoms with Gasteiger partial charge in [-0.2, -0.15) is 0 Å². The van der Waals surface area contributed by atoms with Crippen molar-refractivity contribution in [3.63, 3.8) is 0 Å². The molecule has 1 rings (SSSR count). The molecule has 0 aliphatic carbocycles. The Morgan fingerprint density at radius 2 is 2.20 bits per heavy atom. The smallest absolute Gasteiger partial charge is 0.0678 e. The maximum atomic E-state index is 9.20. The Morgan fingerprint density at radius 1 is 1.50 bits per heavy atom. The fourth-order valence-electron chi connectivity index (χ4n) is 1.16. The van der Waals surface area contributed by atoms with E-state index >= 15 is 0 Å². The second kappa shape index (κ2) is 3.32. The molecule has 1 heterocycles. The van der Waals surface area contributed by atoms with Gasteiger partial charge in [0.15, 0.2) is 0 Å². The number of aliphatic hydroxyl groups excluding tert-OH is 1. The highest BCUT2D eigenvalue weighted by Crippen LogP contribution is 2.05. The maximum absolute atomic E-state index is 9.20. The van der Waals surface area contributed by atoms with Crippen LogP contribution < -0.4 is 5.43 Å². The van der Waals surface area contributed by atoms with Crippen LogP contribution in [0.1, 0.15) is 20.3 Å². The number of hydrazine groups is 1. The Bertz CT molecular complexity index is 99.8. The number of rotatable bonds is 2. The van der Waals surface area contributed by atoms with Crippen LogP contribution in [0.2, 0.25) is 0 Å². The number of hydrogen-bond acceptors (Lipinski definition) is 3. The van der Waals surface area contributed by atoms with E-state index in [0.29, 0.717) is 0 Å². The first kappa shape index (κ1) is 7.98. The molecule has 2 atom stereocenters. The zero-order chi connectivity index (χ0) is 7.56. The van der Waals surface area contributed by atoms with E-state index in [0.717, 1.165) is 13.1 Å². The molecule has 0 bridgehead atoms. The van der Waals surface area contributed by atoms with Gasteiger partial charge in [-0.3, -0.25) is 5.43 Å². The number of aliphatic hydroxyl groups is 1. The van der Waals surface area contributed by atoms with E-state index in [-0.39, 0.29) is 12.1 Å². The molecule has 1 saturated heterocycles. The second-order valence-corrected chi connectivity index (χ2v) is 2.94. The van der Waals surface area contributed by atoms with Crippen molar-refractivity contribution in [3.05, 3.63) is 0 Å². The average Bonchev–Trinajstić information content (AvgIpc) is 2.36. The summed E-state index contributed by atoms with van der Waals surface area (Å²) in [6.07, 6.45) is 0.947. The van der Waals surface area contributed by atoms with Crippen LogP contribution in [0, 0.1) is 0 Å².